The van der Waals surface area contributed by atoms with Gasteiger partial charge in [-0.3, -0.25) is 14.2 Å². The second-order valence-corrected chi connectivity index (χ2v) is 9.08. The van der Waals surface area contributed by atoms with Crippen molar-refractivity contribution in [1.29, 1.82) is 0 Å². The van der Waals surface area contributed by atoms with E-state index in [4.69, 9.17) is 9.72 Å². The molecule has 6 nitrogen and oxygen atoms in total. The molecule has 4 aromatic rings. The minimum Gasteiger partial charge on any atom is -0.495 e. The van der Waals surface area contributed by atoms with Crippen LogP contribution in [0.15, 0.2) is 76.7 Å². The van der Waals surface area contributed by atoms with Gasteiger partial charge >= 0.3 is 0 Å². The predicted octanol–water partition coefficient (Wildman–Crippen LogP) is 5.13. The topological polar surface area (TPSA) is 73.2 Å². The Morgan fingerprint density at radius 3 is 2.52 bits per heavy atom. The third kappa shape index (κ3) is 4.64. The zero-order valence-corrected chi connectivity index (χ0v) is 19.8. The lowest BCUT2D eigenvalue weighted by Gasteiger charge is -2.17. The number of benzene rings is 3. The molecular weight excluding hydrogens is 434 g/mol. The minimum absolute atomic E-state index is 0.163. The Morgan fingerprint density at radius 1 is 1.03 bits per heavy atom. The molecule has 0 aliphatic carbocycles. The van der Waals surface area contributed by atoms with Gasteiger partial charge in [-0.25, -0.2) is 4.98 Å². The second-order valence-electron chi connectivity index (χ2n) is 7.77. The molecule has 0 radical (unpaired) electrons. The monoisotopic (exact) mass is 459 g/mol. The van der Waals surface area contributed by atoms with Gasteiger partial charge in [0.05, 0.1) is 34.6 Å². The van der Waals surface area contributed by atoms with Crippen molar-refractivity contribution in [2.45, 2.75) is 31.2 Å². The molecule has 7 heteroatoms. The van der Waals surface area contributed by atoms with Crippen LogP contribution in [0.5, 0.6) is 5.75 Å². The van der Waals surface area contributed by atoms with Crippen LogP contribution in [0.2, 0.25) is 0 Å². The standard InChI is InChI=1S/C26H25N3O3S/c1-16-13-14-19(15-17(16)2)29-25(31)20-9-5-6-10-21(20)28-26(29)33-18(3)24(30)27-22-11-7-8-12-23(22)32-4/h5-15,18H,1-4H3,(H,27,30). The summed E-state index contributed by atoms with van der Waals surface area (Å²) in [6, 6.07) is 20.4. The number of nitrogens with zero attached hydrogens (tertiary/aromatic N) is 2. The smallest absolute Gasteiger partial charge is 0.266 e. The average Bonchev–Trinajstić information content (AvgIpc) is 2.81. The summed E-state index contributed by atoms with van der Waals surface area (Å²) in [7, 11) is 1.56. The van der Waals surface area contributed by atoms with Crippen molar-refractivity contribution >= 4 is 34.3 Å². The number of nitrogens with one attached hydrogen (secondary N) is 1. The molecule has 1 unspecified atom stereocenters. The first-order valence-electron chi connectivity index (χ1n) is 10.6. The van der Waals surface area contributed by atoms with Crippen molar-refractivity contribution in [3.63, 3.8) is 0 Å². The number of fused-ring (bicyclic) bond motifs is 1. The summed E-state index contributed by atoms with van der Waals surface area (Å²) in [6.07, 6.45) is 0. The van der Waals surface area contributed by atoms with Gasteiger partial charge in [0.1, 0.15) is 5.75 Å². The van der Waals surface area contributed by atoms with E-state index >= 15 is 0 Å². The number of methoxy groups -OCH3 is 1. The van der Waals surface area contributed by atoms with Gasteiger partial charge in [-0.15, -0.1) is 0 Å². The molecule has 0 aliphatic rings. The van der Waals surface area contributed by atoms with Crippen molar-refractivity contribution in [2.75, 3.05) is 12.4 Å². The van der Waals surface area contributed by atoms with E-state index < -0.39 is 5.25 Å². The zero-order valence-electron chi connectivity index (χ0n) is 19.0. The van der Waals surface area contributed by atoms with Crippen LogP contribution in [0.1, 0.15) is 18.1 Å². The Bertz CT molecular complexity index is 1400. The van der Waals surface area contributed by atoms with E-state index in [1.807, 2.05) is 62.4 Å². The van der Waals surface area contributed by atoms with E-state index in [-0.39, 0.29) is 11.5 Å². The van der Waals surface area contributed by atoms with Crippen molar-refractivity contribution in [2.24, 2.45) is 0 Å². The lowest BCUT2D eigenvalue weighted by Crippen LogP contribution is -2.26. The number of carbonyl (C=O) groups excluding carboxylic acids is 1. The van der Waals surface area contributed by atoms with Gasteiger partial charge in [-0.05, 0) is 68.3 Å². The third-order valence-corrected chi connectivity index (χ3v) is 6.56. The Labute approximate surface area is 196 Å². The number of hydrogen-bond acceptors (Lipinski definition) is 5. The Kier molecular flexibility index (Phi) is 6.51. The van der Waals surface area contributed by atoms with E-state index in [0.717, 1.165) is 16.8 Å². The molecule has 0 fully saturated rings. The van der Waals surface area contributed by atoms with Crippen LogP contribution in [-0.2, 0) is 4.79 Å². The molecule has 1 atom stereocenters. The highest BCUT2D eigenvalue weighted by Crippen LogP contribution is 2.28. The SMILES string of the molecule is COc1ccccc1NC(=O)C(C)Sc1nc2ccccc2c(=O)n1-c1ccc(C)c(C)c1. The van der Waals surface area contributed by atoms with Crippen LogP contribution in [0.4, 0.5) is 5.69 Å². The summed E-state index contributed by atoms with van der Waals surface area (Å²) in [5, 5.41) is 3.39. The number of carbonyl (C=O) groups is 1. The number of anilines is 1. The van der Waals surface area contributed by atoms with E-state index in [2.05, 4.69) is 5.32 Å². The molecule has 0 aliphatic heterocycles. The zero-order chi connectivity index (χ0) is 23.5. The van der Waals surface area contributed by atoms with Crippen LogP contribution in [-0.4, -0.2) is 27.8 Å². The van der Waals surface area contributed by atoms with E-state index in [0.29, 0.717) is 27.5 Å². The number of aryl methyl sites for hydroxylation is 2. The van der Waals surface area contributed by atoms with Crippen molar-refractivity contribution < 1.29 is 9.53 Å². The summed E-state index contributed by atoms with van der Waals surface area (Å²) in [5.41, 5.74) is 3.97. The molecule has 0 bridgehead atoms. The first kappa shape index (κ1) is 22.6. The fraction of sp³-hybridized carbons (Fsp3) is 0.192. The van der Waals surface area contributed by atoms with Gasteiger partial charge in [0, 0.05) is 0 Å². The maximum absolute atomic E-state index is 13.5. The molecule has 4 rings (SSSR count). The van der Waals surface area contributed by atoms with Gasteiger partial charge in [0.25, 0.3) is 5.56 Å². The number of thioether (sulfide) groups is 1. The molecule has 33 heavy (non-hydrogen) atoms. The van der Waals surface area contributed by atoms with Gasteiger partial charge in [0.2, 0.25) is 5.91 Å². The van der Waals surface area contributed by atoms with Gasteiger partial charge in [0.15, 0.2) is 5.16 Å². The van der Waals surface area contributed by atoms with Gasteiger partial charge in [-0.1, -0.05) is 42.1 Å². The van der Waals surface area contributed by atoms with E-state index in [9.17, 15) is 9.59 Å². The lowest BCUT2D eigenvalue weighted by atomic mass is 10.1. The summed E-state index contributed by atoms with van der Waals surface area (Å²) in [6.45, 7) is 5.83. The Hall–Kier alpha value is -3.58. The summed E-state index contributed by atoms with van der Waals surface area (Å²) in [4.78, 5) is 31.2. The van der Waals surface area contributed by atoms with Crippen molar-refractivity contribution in [3.8, 4) is 11.4 Å². The van der Waals surface area contributed by atoms with Crippen molar-refractivity contribution in [3.05, 3.63) is 88.2 Å². The fourth-order valence-electron chi connectivity index (χ4n) is 3.48. The molecule has 1 N–H and O–H groups in total. The maximum atomic E-state index is 13.5. The molecule has 0 spiro atoms. The number of aromatic nitrogens is 2. The van der Waals surface area contributed by atoms with E-state index in [1.165, 1.54) is 11.8 Å². The molecule has 0 saturated carbocycles. The molecule has 3 aromatic carbocycles. The number of para-hydroxylation sites is 3. The third-order valence-electron chi connectivity index (χ3n) is 5.51. The average molecular weight is 460 g/mol. The van der Waals surface area contributed by atoms with Crippen LogP contribution in [0, 0.1) is 13.8 Å². The lowest BCUT2D eigenvalue weighted by molar-refractivity contribution is -0.115. The van der Waals surface area contributed by atoms with Gasteiger partial charge in [-0.2, -0.15) is 0 Å². The molecule has 1 amide bonds. The quantitative estimate of drug-likeness (QED) is 0.320. The fourth-order valence-corrected chi connectivity index (χ4v) is 4.40. The highest BCUT2D eigenvalue weighted by molar-refractivity contribution is 8.00. The molecule has 1 aromatic heterocycles. The highest BCUT2D eigenvalue weighted by Gasteiger charge is 2.21. The highest BCUT2D eigenvalue weighted by atomic mass is 32.2. The Balaban J connectivity index is 1.74. The summed E-state index contributed by atoms with van der Waals surface area (Å²) in [5.74, 6) is 0.373. The molecular formula is C26H25N3O3S. The predicted molar refractivity (Wildman–Crippen MR) is 134 cm³/mol. The molecule has 1 heterocycles. The first-order valence-corrected chi connectivity index (χ1v) is 11.5. The molecule has 0 saturated heterocycles. The van der Waals surface area contributed by atoms with Gasteiger partial charge < -0.3 is 10.1 Å². The number of ether oxygens (including phenoxy) is 1. The first-order chi connectivity index (χ1) is 15.9. The van der Waals surface area contributed by atoms with Crippen LogP contribution in [0.3, 0.4) is 0 Å². The van der Waals surface area contributed by atoms with Crippen LogP contribution < -0.4 is 15.6 Å². The van der Waals surface area contributed by atoms with Crippen molar-refractivity contribution in [1.82, 2.24) is 9.55 Å². The van der Waals surface area contributed by atoms with Crippen LogP contribution >= 0.6 is 11.8 Å². The molecule has 168 valence electrons. The summed E-state index contributed by atoms with van der Waals surface area (Å²) < 4.78 is 6.92. The minimum atomic E-state index is -0.513. The summed E-state index contributed by atoms with van der Waals surface area (Å²) >= 11 is 1.24. The second kappa shape index (κ2) is 9.50. The normalized spacial score (nSPS) is 11.9. The number of amides is 1. The number of rotatable bonds is 6. The largest absolute Gasteiger partial charge is 0.495 e. The van der Waals surface area contributed by atoms with E-state index in [1.54, 1.807) is 36.8 Å². The number of hydrogen-bond donors (Lipinski definition) is 1. The maximum Gasteiger partial charge on any atom is 0.266 e. The Morgan fingerprint density at radius 2 is 1.76 bits per heavy atom. The van der Waals surface area contributed by atoms with Crippen LogP contribution in [0.25, 0.3) is 16.6 Å².